The smallest absolute Gasteiger partial charge is 0.206 e. The Hall–Kier alpha value is -2.24. The number of nitrogens with zero attached hydrogens (tertiary/aromatic N) is 3. The maximum atomic E-state index is 13.5. The van der Waals surface area contributed by atoms with Crippen molar-refractivity contribution in [3.8, 4) is 29.0 Å². The molecule has 1 heterocycles. The summed E-state index contributed by atoms with van der Waals surface area (Å²) in [7, 11) is 0. The first kappa shape index (κ1) is 10.3. The van der Waals surface area contributed by atoms with E-state index in [0.717, 1.165) is 11.5 Å². The highest BCUT2D eigenvalue weighted by Gasteiger charge is 2.11. The fourth-order valence-electron chi connectivity index (χ4n) is 1.16. The maximum Gasteiger partial charge on any atom is 0.244 e. The molecule has 1 aromatic carbocycles. The van der Waals surface area contributed by atoms with Crippen LogP contribution in [0.4, 0.5) is 4.39 Å². The summed E-state index contributed by atoms with van der Waals surface area (Å²) in [4.78, 5) is 3.87. The molecule has 0 spiro atoms. The predicted octanol–water partition coefficient (Wildman–Crippen LogP) is 2.20. The third-order valence-corrected chi connectivity index (χ3v) is 2.64. The number of terminal acetylenes is 1. The Morgan fingerprint density at radius 1 is 1.44 bits per heavy atom. The van der Waals surface area contributed by atoms with Gasteiger partial charge in [0.05, 0.1) is 0 Å². The maximum absolute atomic E-state index is 13.5. The number of rotatable bonds is 1. The molecule has 0 amide bonds. The van der Waals surface area contributed by atoms with Gasteiger partial charge in [0.2, 0.25) is 5.82 Å². The van der Waals surface area contributed by atoms with E-state index >= 15 is 0 Å². The molecule has 0 N–H and O–H groups in total. The Bertz CT molecular complexity index is 619. The first-order valence-corrected chi connectivity index (χ1v) is 5.02. The van der Waals surface area contributed by atoms with E-state index in [2.05, 4.69) is 15.3 Å². The van der Waals surface area contributed by atoms with Crippen LogP contribution in [0, 0.1) is 29.5 Å². The lowest BCUT2D eigenvalue weighted by Crippen LogP contribution is -1.86. The Labute approximate surface area is 95.4 Å². The van der Waals surface area contributed by atoms with Crippen molar-refractivity contribution in [2.75, 3.05) is 0 Å². The minimum absolute atomic E-state index is 0.0329. The van der Waals surface area contributed by atoms with Gasteiger partial charge < -0.3 is 0 Å². The van der Waals surface area contributed by atoms with Gasteiger partial charge in [0.25, 0.3) is 0 Å². The molecular formula is C11H4FN3S. The second kappa shape index (κ2) is 4.09. The third-order valence-electron chi connectivity index (χ3n) is 1.89. The normalized spacial score (nSPS) is 9.44. The zero-order chi connectivity index (χ0) is 11.5. The molecule has 0 saturated carbocycles. The SMILES string of the molecule is C#Cc1ccc(F)c(-c2nc(C#N)ns2)c1. The quantitative estimate of drug-likeness (QED) is 0.704. The van der Waals surface area contributed by atoms with Crippen LogP contribution in [-0.2, 0) is 0 Å². The highest BCUT2D eigenvalue weighted by atomic mass is 32.1. The summed E-state index contributed by atoms with van der Waals surface area (Å²) in [5.74, 6) is 2.01. The molecule has 0 atom stereocenters. The summed E-state index contributed by atoms with van der Waals surface area (Å²) in [5, 5.41) is 8.93. The molecule has 0 saturated heterocycles. The number of benzene rings is 1. The van der Waals surface area contributed by atoms with Crippen LogP contribution >= 0.6 is 11.5 Å². The summed E-state index contributed by atoms with van der Waals surface area (Å²) < 4.78 is 17.3. The molecule has 0 unspecified atom stereocenters. The van der Waals surface area contributed by atoms with Crippen molar-refractivity contribution >= 4 is 11.5 Å². The summed E-state index contributed by atoms with van der Waals surface area (Å²) in [6.45, 7) is 0. The number of hydrogen-bond acceptors (Lipinski definition) is 4. The molecule has 0 aliphatic heterocycles. The number of aromatic nitrogens is 2. The van der Waals surface area contributed by atoms with Crippen molar-refractivity contribution in [3.05, 3.63) is 35.4 Å². The Kier molecular flexibility index (Phi) is 2.63. The van der Waals surface area contributed by atoms with Gasteiger partial charge in [0, 0.05) is 11.1 Å². The van der Waals surface area contributed by atoms with Crippen molar-refractivity contribution in [2.24, 2.45) is 0 Å². The van der Waals surface area contributed by atoms with E-state index in [1.807, 2.05) is 0 Å². The van der Waals surface area contributed by atoms with E-state index in [4.69, 9.17) is 11.7 Å². The zero-order valence-electron chi connectivity index (χ0n) is 7.94. The van der Waals surface area contributed by atoms with Gasteiger partial charge in [-0.2, -0.15) is 9.64 Å². The molecule has 2 rings (SSSR count). The summed E-state index contributed by atoms with van der Waals surface area (Å²) in [5.41, 5.74) is 0.833. The van der Waals surface area contributed by atoms with Crippen LogP contribution < -0.4 is 0 Å². The minimum Gasteiger partial charge on any atom is -0.206 e. The van der Waals surface area contributed by atoms with Crippen LogP contribution in [0.3, 0.4) is 0 Å². The number of nitriles is 1. The van der Waals surface area contributed by atoms with Crippen LogP contribution in [0.2, 0.25) is 0 Å². The van der Waals surface area contributed by atoms with Crippen LogP contribution in [0.1, 0.15) is 11.4 Å². The van der Waals surface area contributed by atoms with Gasteiger partial charge in [-0.3, -0.25) is 0 Å². The Morgan fingerprint density at radius 2 is 2.25 bits per heavy atom. The van der Waals surface area contributed by atoms with E-state index < -0.39 is 5.82 Å². The standard InChI is InChI=1S/C11H4FN3S/c1-2-7-3-4-9(12)8(5-7)11-14-10(6-13)15-16-11/h1,3-5H. The molecular weight excluding hydrogens is 225 g/mol. The van der Waals surface area contributed by atoms with Crippen molar-refractivity contribution in [1.29, 1.82) is 5.26 Å². The molecule has 1 aromatic heterocycles. The van der Waals surface area contributed by atoms with Crippen LogP contribution in [-0.4, -0.2) is 9.36 Å². The van der Waals surface area contributed by atoms with E-state index in [1.165, 1.54) is 18.2 Å². The van der Waals surface area contributed by atoms with E-state index in [1.54, 1.807) is 6.07 Å². The monoisotopic (exact) mass is 229 g/mol. The lowest BCUT2D eigenvalue weighted by Gasteiger charge is -1.98. The summed E-state index contributed by atoms with van der Waals surface area (Å²) in [6, 6.07) is 6.08. The average molecular weight is 229 g/mol. The topological polar surface area (TPSA) is 49.6 Å². The molecule has 0 aliphatic carbocycles. The first-order valence-electron chi connectivity index (χ1n) is 4.25. The van der Waals surface area contributed by atoms with Gasteiger partial charge in [0.15, 0.2) is 0 Å². The molecule has 0 bridgehead atoms. The van der Waals surface area contributed by atoms with Gasteiger partial charge in [-0.1, -0.05) is 5.92 Å². The molecule has 76 valence electrons. The van der Waals surface area contributed by atoms with Gasteiger partial charge in [0.1, 0.15) is 16.9 Å². The fraction of sp³-hybridized carbons (Fsp3) is 0. The Balaban J connectivity index is 2.56. The number of halogens is 1. The molecule has 0 fully saturated rings. The second-order valence-electron chi connectivity index (χ2n) is 2.87. The average Bonchev–Trinajstić information content (AvgIpc) is 2.78. The third kappa shape index (κ3) is 1.77. The lowest BCUT2D eigenvalue weighted by atomic mass is 10.1. The van der Waals surface area contributed by atoms with Gasteiger partial charge >= 0.3 is 0 Å². The van der Waals surface area contributed by atoms with Crippen LogP contribution in [0.15, 0.2) is 18.2 Å². The first-order chi connectivity index (χ1) is 7.74. The molecule has 16 heavy (non-hydrogen) atoms. The van der Waals surface area contributed by atoms with Gasteiger partial charge in [-0.05, 0) is 29.7 Å². The molecule has 3 nitrogen and oxygen atoms in total. The van der Waals surface area contributed by atoms with Gasteiger partial charge in [-0.25, -0.2) is 9.37 Å². The van der Waals surface area contributed by atoms with Crippen LogP contribution in [0.25, 0.3) is 10.6 Å². The Morgan fingerprint density at radius 3 is 2.88 bits per heavy atom. The van der Waals surface area contributed by atoms with E-state index in [0.29, 0.717) is 10.6 Å². The van der Waals surface area contributed by atoms with Crippen molar-refractivity contribution < 1.29 is 4.39 Å². The molecule has 5 heteroatoms. The van der Waals surface area contributed by atoms with Crippen molar-refractivity contribution in [3.63, 3.8) is 0 Å². The van der Waals surface area contributed by atoms with E-state index in [-0.39, 0.29) is 11.4 Å². The van der Waals surface area contributed by atoms with Gasteiger partial charge in [-0.15, -0.1) is 6.42 Å². The minimum atomic E-state index is -0.431. The lowest BCUT2D eigenvalue weighted by molar-refractivity contribution is 0.631. The van der Waals surface area contributed by atoms with Crippen molar-refractivity contribution in [2.45, 2.75) is 0 Å². The molecule has 0 aliphatic rings. The van der Waals surface area contributed by atoms with E-state index in [9.17, 15) is 4.39 Å². The number of hydrogen-bond donors (Lipinski definition) is 0. The van der Waals surface area contributed by atoms with Crippen LogP contribution in [0.5, 0.6) is 0 Å². The largest absolute Gasteiger partial charge is 0.244 e. The predicted molar refractivity (Wildman–Crippen MR) is 58.0 cm³/mol. The van der Waals surface area contributed by atoms with Crippen molar-refractivity contribution in [1.82, 2.24) is 9.36 Å². The zero-order valence-corrected chi connectivity index (χ0v) is 8.75. The summed E-state index contributed by atoms with van der Waals surface area (Å²) >= 11 is 0.968. The highest BCUT2D eigenvalue weighted by molar-refractivity contribution is 7.09. The summed E-state index contributed by atoms with van der Waals surface area (Å²) in [6.07, 6.45) is 5.22. The molecule has 0 radical (unpaired) electrons. The highest BCUT2D eigenvalue weighted by Crippen LogP contribution is 2.25. The fourth-order valence-corrected chi connectivity index (χ4v) is 1.79. The molecule has 2 aromatic rings. The second-order valence-corrected chi connectivity index (χ2v) is 3.63.